The average molecular weight is 527 g/mol. The Labute approximate surface area is 195 Å². The van der Waals surface area contributed by atoms with Crippen LogP contribution in [0.25, 0.3) is 5.57 Å². The predicted octanol–water partition coefficient (Wildman–Crippen LogP) is 5.63. The van der Waals surface area contributed by atoms with Gasteiger partial charge in [0, 0.05) is 16.7 Å². The predicted molar refractivity (Wildman–Crippen MR) is 119 cm³/mol. The Morgan fingerprint density at radius 3 is 1.85 bits per heavy atom. The monoisotopic (exact) mass is 526 g/mol. The van der Waals surface area contributed by atoms with Crippen molar-refractivity contribution in [1.29, 1.82) is 0 Å². The smallest absolute Gasteiger partial charge is 0.348 e. The van der Waals surface area contributed by atoms with Crippen LogP contribution in [0, 0.1) is 23.3 Å². The number of alkyl halides is 1. The van der Waals surface area contributed by atoms with E-state index in [0.29, 0.717) is 36.1 Å². The van der Waals surface area contributed by atoms with Gasteiger partial charge in [0.15, 0.2) is 0 Å². The number of rotatable bonds is 6. The lowest BCUT2D eigenvalue weighted by Gasteiger charge is -2.28. The van der Waals surface area contributed by atoms with Gasteiger partial charge >= 0.3 is 5.97 Å². The Hall–Kier alpha value is -3.17. The molecule has 0 spiro atoms. The Bertz CT molecular complexity index is 1090. The molecule has 0 heterocycles. The first-order valence-electron chi connectivity index (χ1n) is 9.34. The number of hydrogen-bond acceptors (Lipinski definition) is 4. The van der Waals surface area contributed by atoms with E-state index in [-0.39, 0.29) is 5.57 Å². The number of aliphatic hydroxyl groups is 2. The molecule has 0 aromatic heterocycles. The van der Waals surface area contributed by atoms with Crippen molar-refractivity contribution in [2.45, 2.75) is 5.60 Å². The zero-order valence-electron chi connectivity index (χ0n) is 17.2. The lowest BCUT2D eigenvalue weighted by Crippen LogP contribution is -2.40. The fraction of sp³-hybridized carbons (Fsp3) is 0.125. The SMILES string of the molecule is CBr.O=C(OCC(=CO)c1ccccc1)C(O)(c1cc(F)ccc1F)c1cc(F)ccc1F. The van der Waals surface area contributed by atoms with Crippen molar-refractivity contribution in [3.05, 3.63) is 113 Å². The van der Waals surface area contributed by atoms with Crippen molar-refractivity contribution < 1.29 is 37.3 Å². The highest BCUT2D eigenvalue weighted by atomic mass is 79.9. The van der Waals surface area contributed by atoms with E-state index in [1.165, 1.54) is 0 Å². The van der Waals surface area contributed by atoms with E-state index in [0.717, 1.165) is 12.1 Å². The second kappa shape index (κ2) is 11.6. The van der Waals surface area contributed by atoms with Crippen LogP contribution in [0.15, 0.2) is 73.0 Å². The van der Waals surface area contributed by atoms with Crippen LogP contribution in [0.4, 0.5) is 17.6 Å². The molecule has 0 aliphatic carbocycles. The third kappa shape index (κ3) is 5.80. The molecule has 3 aromatic carbocycles. The fourth-order valence-corrected chi connectivity index (χ4v) is 3.01. The molecule has 0 radical (unpaired) electrons. The molecular weight excluding hydrogens is 508 g/mol. The van der Waals surface area contributed by atoms with Gasteiger partial charge in [-0.05, 0) is 47.8 Å². The molecule has 33 heavy (non-hydrogen) atoms. The minimum Gasteiger partial charge on any atom is -0.515 e. The van der Waals surface area contributed by atoms with Gasteiger partial charge in [-0.25, -0.2) is 22.4 Å². The Balaban J connectivity index is 0.00000187. The molecule has 0 atom stereocenters. The van der Waals surface area contributed by atoms with Gasteiger partial charge in [0.1, 0.15) is 29.9 Å². The molecule has 0 amide bonds. The summed E-state index contributed by atoms with van der Waals surface area (Å²) in [5.74, 6) is -4.33. The molecule has 0 saturated carbocycles. The molecule has 0 unspecified atom stereocenters. The van der Waals surface area contributed by atoms with E-state index in [4.69, 9.17) is 4.74 Å². The van der Waals surface area contributed by atoms with Crippen molar-refractivity contribution in [1.82, 2.24) is 0 Å². The van der Waals surface area contributed by atoms with E-state index in [1.54, 1.807) is 30.3 Å². The van der Waals surface area contributed by atoms with Crippen LogP contribution in [0.2, 0.25) is 0 Å². The molecule has 2 N–H and O–H groups in total. The summed E-state index contributed by atoms with van der Waals surface area (Å²) < 4.78 is 61.5. The second-order valence-electron chi connectivity index (χ2n) is 6.56. The minimum atomic E-state index is -3.21. The highest BCUT2D eigenvalue weighted by Gasteiger charge is 2.46. The number of esters is 1. The van der Waals surface area contributed by atoms with Gasteiger partial charge in [-0.3, -0.25) is 0 Å². The summed E-state index contributed by atoms with van der Waals surface area (Å²) >= 11 is 2.94. The van der Waals surface area contributed by atoms with Crippen LogP contribution in [0.3, 0.4) is 0 Å². The van der Waals surface area contributed by atoms with E-state index in [2.05, 4.69) is 15.9 Å². The largest absolute Gasteiger partial charge is 0.515 e. The fourth-order valence-electron chi connectivity index (χ4n) is 3.01. The van der Waals surface area contributed by atoms with Crippen molar-refractivity contribution in [2.75, 3.05) is 12.4 Å². The van der Waals surface area contributed by atoms with Gasteiger partial charge in [0.25, 0.3) is 0 Å². The number of ether oxygens (including phenoxy) is 1. The van der Waals surface area contributed by atoms with Crippen molar-refractivity contribution in [2.24, 2.45) is 0 Å². The summed E-state index contributed by atoms with van der Waals surface area (Å²) in [4.78, 5) is 12.9. The van der Waals surface area contributed by atoms with E-state index in [1.807, 2.05) is 5.83 Å². The Morgan fingerprint density at radius 2 is 1.39 bits per heavy atom. The molecule has 174 valence electrons. The van der Waals surface area contributed by atoms with Gasteiger partial charge in [0.2, 0.25) is 5.60 Å². The molecule has 0 aliphatic rings. The first-order valence-corrected chi connectivity index (χ1v) is 10.9. The molecular formula is C24H19BrF4O4. The van der Waals surface area contributed by atoms with Gasteiger partial charge < -0.3 is 14.9 Å². The lowest BCUT2D eigenvalue weighted by atomic mass is 9.85. The second-order valence-corrected chi connectivity index (χ2v) is 6.56. The third-order valence-electron chi connectivity index (χ3n) is 4.59. The van der Waals surface area contributed by atoms with Gasteiger partial charge in [-0.15, -0.1) is 0 Å². The van der Waals surface area contributed by atoms with Crippen LogP contribution in [-0.4, -0.2) is 28.6 Å². The lowest BCUT2D eigenvalue weighted by molar-refractivity contribution is -0.161. The maximum atomic E-state index is 14.5. The Kier molecular flexibility index (Phi) is 9.19. The topological polar surface area (TPSA) is 66.8 Å². The zero-order chi connectivity index (χ0) is 24.6. The highest BCUT2D eigenvalue weighted by molar-refractivity contribution is 9.08. The average Bonchev–Trinajstić information content (AvgIpc) is 2.84. The first-order chi connectivity index (χ1) is 15.8. The molecule has 0 bridgehead atoms. The number of hydrogen-bond donors (Lipinski definition) is 2. The summed E-state index contributed by atoms with van der Waals surface area (Å²) in [5, 5.41) is 20.6. The van der Waals surface area contributed by atoms with E-state index >= 15 is 0 Å². The van der Waals surface area contributed by atoms with Crippen LogP contribution < -0.4 is 0 Å². The number of benzene rings is 3. The molecule has 3 aromatic rings. The molecule has 4 nitrogen and oxygen atoms in total. The Morgan fingerprint density at radius 1 is 0.909 bits per heavy atom. The molecule has 0 aliphatic heterocycles. The molecule has 0 saturated heterocycles. The van der Waals surface area contributed by atoms with E-state index < -0.39 is 52.6 Å². The number of carbonyl (C=O) groups is 1. The minimum absolute atomic E-state index is 0.107. The van der Waals surface area contributed by atoms with Crippen molar-refractivity contribution >= 4 is 27.5 Å². The third-order valence-corrected chi connectivity index (χ3v) is 4.59. The van der Waals surface area contributed by atoms with Crippen LogP contribution in [0.1, 0.15) is 16.7 Å². The quantitative estimate of drug-likeness (QED) is 0.189. The van der Waals surface area contributed by atoms with Gasteiger partial charge in [-0.1, -0.05) is 46.3 Å². The summed E-state index contributed by atoms with van der Waals surface area (Å²) in [6.45, 7) is -0.602. The molecule has 0 fully saturated rings. The van der Waals surface area contributed by atoms with Crippen molar-refractivity contribution in [3.63, 3.8) is 0 Å². The summed E-state index contributed by atoms with van der Waals surface area (Å²) in [6, 6.07) is 11.9. The number of aliphatic hydroxyl groups excluding tert-OH is 1. The molecule has 9 heteroatoms. The number of carbonyl (C=O) groups excluding carboxylic acids is 1. The van der Waals surface area contributed by atoms with Crippen molar-refractivity contribution in [3.8, 4) is 0 Å². The zero-order valence-corrected chi connectivity index (χ0v) is 18.8. The normalized spacial score (nSPS) is 11.4. The van der Waals surface area contributed by atoms with E-state index in [9.17, 15) is 32.6 Å². The molecule has 3 rings (SSSR count). The standard InChI is InChI=1S/C23H16F4O4.CH3Br/c24-16-6-8-20(26)18(10-16)23(30,19-11-17(25)7-9-21(19)27)22(29)31-13-15(12-28)14-4-2-1-3-5-14;1-2/h1-12,28,30H,13H2;1H3. The van der Waals surface area contributed by atoms with Crippen LogP contribution >= 0.6 is 15.9 Å². The maximum Gasteiger partial charge on any atom is 0.348 e. The first kappa shape index (κ1) is 26.1. The van der Waals surface area contributed by atoms with Gasteiger partial charge in [-0.2, -0.15) is 0 Å². The highest BCUT2D eigenvalue weighted by Crippen LogP contribution is 2.35. The van der Waals surface area contributed by atoms with Crippen LogP contribution in [-0.2, 0) is 15.1 Å². The van der Waals surface area contributed by atoms with Gasteiger partial charge in [0.05, 0.1) is 6.26 Å². The maximum absolute atomic E-state index is 14.5. The summed E-state index contributed by atoms with van der Waals surface area (Å²) in [7, 11) is 0. The number of halogens is 5. The van der Waals surface area contributed by atoms with Crippen LogP contribution in [0.5, 0.6) is 0 Å². The summed E-state index contributed by atoms with van der Waals surface area (Å²) in [5.41, 5.74) is -4.56. The summed E-state index contributed by atoms with van der Waals surface area (Å²) in [6.07, 6.45) is 0.660.